The molecule has 7 heteroatoms. The predicted molar refractivity (Wildman–Crippen MR) is 126 cm³/mol. The maximum Gasteiger partial charge on any atom is 0.274 e. The first-order chi connectivity index (χ1) is 15.6. The zero-order chi connectivity index (χ0) is 22.8. The van der Waals surface area contributed by atoms with E-state index in [0.717, 1.165) is 39.1 Å². The number of hydrogen-bond acceptors (Lipinski definition) is 5. The van der Waals surface area contributed by atoms with E-state index in [1.807, 2.05) is 36.9 Å². The molecule has 0 saturated carbocycles. The third-order valence-electron chi connectivity index (χ3n) is 5.93. The van der Waals surface area contributed by atoms with Gasteiger partial charge in [0.25, 0.3) is 5.91 Å². The predicted octanol–water partition coefficient (Wildman–Crippen LogP) is 2.97. The van der Waals surface area contributed by atoms with Gasteiger partial charge in [-0.2, -0.15) is 0 Å². The third-order valence-corrected chi connectivity index (χ3v) is 5.93. The van der Waals surface area contributed by atoms with Crippen LogP contribution >= 0.6 is 0 Å². The molecule has 0 spiro atoms. The van der Waals surface area contributed by atoms with Gasteiger partial charge >= 0.3 is 0 Å². The molecule has 1 aliphatic rings. The van der Waals surface area contributed by atoms with Crippen molar-refractivity contribution >= 4 is 17.9 Å². The van der Waals surface area contributed by atoms with Crippen LogP contribution in [-0.2, 0) is 4.79 Å². The summed E-state index contributed by atoms with van der Waals surface area (Å²) in [5, 5.41) is 0. The van der Waals surface area contributed by atoms with Crippen molar-refractivity contribution in [2.45, 2.75) is 32.7 Å². The van der Waals surface area contributed by atoms with E-state index in [4.69, 9.17) is 0 Å². The van der Waals surface area contributed by atoms with Crippen LogP contribution in [0.2, 0.25) is 0 Å². The van der Waals surface area contributed by atoms with Crippen LogP contribution < -0.4 is 0 Å². The summed E-state index contributed by atoms with van der Waals surface area (Å²) in [5.74, 6) is -0.0694. The fraction of sp³-hybridized carbons (Fsp3) is 0.440. The Morgan fingerprint density at radius 1 is 1.12 bits per heavy atom. The number of piperazine rings is 1. The largest absolute Gasteiger partial charge is 0.340 e. The van der Waals surface area contributed by atoms with Crippen LogP contribution in [0.1, 0.15) is 42.7 Å². The highest BCUT2D eigenvalue weighted by Crippen LogP contribution is 2.12. The highest BCUT2D eigenvalue weighted by atomic mass is 16.2. The lowest BCUT2D eigenvalue weighted by Crippen LogP contribution is -2.49. The number of hydrogen-bond donors (Lipinski definition) is 0. The third kappa shape index (κ3) is 6.72. The minimum atomic E-state index is -0.171. The molecule has 3 rings (SSSR count). The lowest BCUT2D eigenvalue weighted by atomic mass is 10.1. The quantitative estimate of drug-likeness (QED) is 0.606. The molecule has 1 saturated heterocycles. The topological polar surface area (TPSA) is 69.6 Å². The average molecular weight is 436 g/mol. The number of benzene rings is 1. The summed E-state index contributed by atoms with van der Waals surface area (Å²) in [4.78, 5) is 39.8. The Hall–Kier alpha value is -3.06. The van der Waals surface area contributed by atoms with Crippen LogP contribution in [0.4, 0.5) is 0 Å². The van der Waals surface area contributed by atoms with Gasteiger partial charge in [-0.3, -0.25) is 19.5 Å². The van der Waals surface area contributed by atoms with E-state index in [1.54, 1.807) is 11.1 Å². The van der Waals surface area contributed by atoms with Gasteiger partial charge < -0.3 is 9.80 Å². The number of aromatic nitrogens is 2. The Balaban J connectivity index is 1.46. The molecule has 0 bridgehead atoms. The Bertz CT molecular complexity index is 880. The summed E-state index contributed by atoms with van der Waals surface area (Å²) in [6.07, 6.45) is 9.99. The molecule has 1 fully saturated rings. The Kier molecular flexibility index (Phi) is 8.92. The van der Waals surface area contributed by atoms with Crippen LogP contribution in [0.15, 0.2) is 55.0 Å². The van der Waals surface area contributed by atoms with Gasteiger partial charge in [-0.05, 0) is 18.9 Å². The van der Waals surface area contributed by atoms with E-state index in [0.29, 0.717) is 18.7 Å². The van der Waals surface area contributed by atoms with Crippen LogP contribution in [0.3, 0.4) is 0 Å². The first-order valence-corrected chi connectivity index (χ1v) is 11.4. The number of amides is 2. The summed E-state index contributed by atoms with van der Waals surface area (Å²) in [6.45, 7) is 8.47. The van der Waals surface area contributed by atoms with Crippen LogP contribution in [0.5, 0.6) is 0 Å². The normalized spacial score (nSPS) is 15.6. The molecule has 1 aromatic heterocycles. The zero-order valence-electron chi connectivity index (χ0n) is 19.1. The van der Waals surface area contributed by atoms with E-state index in [2.05, 4.69) is 39.2 Å². The summed E-state index contributed by atoms with van der Waals surface area (Å²) in [7, 11) is 0. The van der Waals surface area contributed by atoms with Crippen molar-refractivity contribution in [3.8, 4) is 0 Å². The minimum absolute atomic E-state index is 0.0329. The van der Waals surface area contributed by atoms with Gasteiger partial charge in [0, 0.05) is 64.1 Å². The smallest absolute Gasteiger partial charge is 0.274 e. The van der Waals surface area contributed by atoms with E-state index in [-0.39, 0.29) is 17.9 Å². The van der Waals surface area contributed by atoms with Gasteiger partial charge in [0.05, 0.1) is 6.20 Å². The molecule has 1 unspecified atom stereocenters. The van der Waals surface area contributed by atoms with Crippen molar-refractivity contribution in [3.63, 3.8) is 0 Å². The molecule has 32 heavy (non-hydrogen) atoms. The fourth-order valence-corrected chi connectivity index (χ4v) is 3.76. The molecule has 2 aromatic rings. The first-order valence-electron chi connectivity index (χ1n) is 11.4. The van der Waals surface area contributed by atoms with Gasteiger partial charge in [-0.1, -0.05) is 49.4 Å². The summed E-state index contributed by atoms with van der Waals surface area (Å²) < 4.78 is 0. The molecular formula is C25H33N5O2. The van der Waals surface area contributed by atoms with Crippen molar-refractivity contribution in [1.29, 1.82) is 0 Å². The molecule has 0 N–H and O–H groups in total. The van der Waals surface area contributed by atoms with Crippen molar-refractivity contribution in [2.75, 3.05) is 39.3 Å². The Labute approximate surface area is 190 Å². The van der Waals surface area contributed by atoms with Crippen LogP contribution in [0, 0.1) is 0 Å². The summed E-state index contributed by atoms with van der Waals surface area (Å²) in [5.41, 5.74) is 1.51. The van der Waals surface area contributed by atoms with Crippen molar-refractivity contribution in [3.05, 3.63) is 66.3 Å². The van der Waals surface area contributed by atoms with Gasteiger partial charge in [0.15, 0.2) is 0 Å². The summed E-state index contributed by atoms with van der Waals surface area (Å²) >= 11 is 0. The monoisotopic (exact) mass is 435 g/mol. The van der Waals surface area contributed by atoms with Crippen molar-refractivity contribution in [1.82, 2.24) is 24.7 Å². The molecule has 1 atom stereocenters. The standard InChI is InChI=1S/C25H33N5O2/c1-3-21(2)30(25(32)23-20-26-12-13-27-23)15-11-24(31)29-18-16-28(17-19-29)14-7-10-22-8-5-4-6-9-22/h4-10,12-13,20-21H,3,11,14-19H2,1-2H3. The number of nitrogens with zero attached hydrogens (tertiary/aromatic N) is 5. The highest BCUT2D eigenvalue weighted by Gasteiger charge is 2.25. The molecular weight excluding hydrogens is 402 g/mol. The second-order valence-corrected chi connectivity index (χ2v) is 8.09. The van der Waals surface area contributed by atoms with E-state index < -0.39 is 0 Å². The molecule has 0 aliphatic carbocycles. The van der Waals surface area contributed by atoms with Crippen molar-refractivity contribution < 1.29 is 9.59 Å². The maximum absolute atomic E-state index is 12.9. The Morgan fingerprint density at radius 2 is 1.88 bits per heavy atom. The second kappa shape index (κ2) is 12.1. The summed E-state index contributed by atoms with van der Waals surface area (Å²) in [6, 6.07) is 10.3. The molecule has 2 amide bonds. The van der Waals surface area contributed by atoms with Crippen LogP contribution in [0.25, 0.3) is 6.08 Å². The number of rotatable bonds is 9. The number of carbonyl (C=O) groups excluding carboxylic acids is 2. The van der Waals surface area contributed by atoms with Gasteiger partial charge in [-0.25, -0.2) is 4.98 Å². The van der Waals surface area contributed by atoms with E-state index in [9.17, 15) is 9.59 Å². The molecule has 2 heterocycles. The minimum Gasteiger partial charge on any atom is -0.340 e. The molecule has 170 valence electrons. The van der Waals surface area contributed by atoms with E-state index in [1.165, 1.54) is 18.0 Å². The van der Waals surface area contributed by atoms with Crippen molar-refractivity contribution in [2.24, 2.45) is 0 Å². The Morgan fingerprint density at radius 3 is 2.53 bits per heavy atom. The highest BCUT2D eigenvalue weighted by molar-refractivity contribution is 5.92. The van der Waals surface area contributed by atoms with Gasteiger partial charge in [-0.15, -0.1) is 0 Å². The number of carbonyl (C=O) groups is 2. The fourth-order valence-electron chi connectivity index (χ4n) is 3.76. The zero-order valence-corrected chi connectivity index (χ0v) is 19.1. The first kappa shape index (κ1) is 23.6. The molecule has 0 radical (unpaired) electrons. The second-order valence-electron chi connectivity index (χ2n) is 8.09. The maximum atomic E-state index is 12.9. The molecule has 7 nitrogen and oxygen atoms in total. The molecule has 1 aromatic carbocycles. The average Bonchev–Trinajstić information content (AvgIpc) is 2.85. The SMILES string of the molecule is CCC(C)N(CCC(=O)N1CCN(CC=Cc2ccccc2)CC1)C(=O)c1cnccn1. The van der Waals surface area contributed by atoms with Gasteiger partial charge in [0.2, 0.25) is 5.91 Å². The lowest BCUT2D eigenvalue weighted by molar-refractivity contribution is -0.133. The van der Waals surface area contributed by atoms with Gasteiger partial charge in [0.1, 0.15) is 5.69 Å². The lowest BCUT2D eigenvalue weighted by Gasteiger charge is -2.35. The molecule has 1 aliphatic heterocycles. The van der Waals surface area contributed by atoms with Crippen LogP contribution in [-0.4, -0.2) is 81.8 Å². The van der Waals surface area contributed by atoms with E-state index >= 15 is 0 Å².